The first kappa shape index (κ1) is 13.6. The highest BCUT2D eigenvalue weighted by molar-refractivity contribution is 5.93. The second kappa shape index (κ2) is 6.39. The Morgan fingerprint density at radius 1 is 1.14 bits per heavy atom. The standard InChI is InChI=1S/C17H20N4/c18-17(20-12-14-8-3-4-11-19-14)21-16-10-5-7-13-6-1-2-9-15(13)16/h3-5,7-8,10-11H,1-2,6,9,12H2,(H3,18,20,21). The molecule has 0 radical (unpaired) electrons. The second-order valence-electron chi connectivity index (χ2n) is 5.30. The van der Waals surface area contributed by atoms with Crippen LogP contribution in [0.1, 0.15) is 29.7 Å². The summed E-state index contributed by atoms with van der Waals surface area (Å²) in [4.78, 5) is 8.60. The van der Waals surface area contributed by atoms with E-state index in [1.54, 1.807) is 6.20 Å². The van der Waals surface area contributed by atoms with Gasteiger partial charge in [-0.2, -0.15) is 0 Å². The lowest BCUT2D eigenvalue weighted by Gasteiger charge is -2.19. The minimum Gasteiger partial charge on any atom is -0.370 e. The van der Waals surface area contributed by atoms with Crippen molar-refractivity contribution in [1.82, 2.24) is 4.98 Å². The number of benzene rings is 1. The van der Waals surface area contributed by atoms with Crippen LogP contribution < -0.4 is 11.1 Å². The molecule has 0 saturated heterocycles. The Morgan fingerprint density at radius 3 is 2.90 bits per heavy atom. The van der Waals surface area contributed by atoms with Gasteiger partial charge in [-0.05, 0) is 55.0 Å². The SMILES string of the molecule is NC(=NCc1ccccn1)Nc1cccc2c1CCCC2. The normalized spacial score (nSPS) is 14.6. The Balaban J connectivity index is 1.71. The Labute approximate surface area is 125 Å². The minimum absolute atomic E-state index is 0.444. The highest BCUT2D eigenvalue weighted by Gasteiger charge is 2.12. The van der Waals surface area contributed by atoms with E-state index in [0.717, 1.165) is 24.2 Å². The topological polar surface area (TPSA) is 63.3 Å². The van der Waals surface area contributed by atoms with Crippen molar-refractivity contribution in [3.05, 3.63) is 59.4 Å². The number of pyridine rings is 1. The molecule has 0 spiro atoms. The predicted molar refractivity (Wildman–Crippen MR) is 86.3 cm³/mol. The van der Waals surface area contributed by atoms with E-state index in [4.69, 9.17) is 5.73 Å². The molecule has 0 saturated carbocycles. The lowest BCUT2D eigenvalue weighted by Crippen LogP contribution is -2.24. The molecule has 0 amide bonds. The number of rotatable bonds is 3. The van der Waals surface area contributed by atoms with E-state index in [1.165, 1.54) is 24.0 Å². The van der Waals surface area contributed by atoms with Crippen LogP contribution in [0.25, 0.3) is 0 Å². The first-order chi connectivity index (χ1) is 10.3. The zero-order chi connectivity index (χ0) is 14.5. The summed E-state index contributed by atoms with van der Waals surface area (Å²) in [6, 6.07) is 12.2. The van der Waals surface area contributed by atoms with Gasteiger partial charge in [-0.3, -0.25) is 4.98 Å². The lowest BCUT2D eigenvalue weighted by molar-refractivity contribution is 0.687. The summed E-state index contributed by atoms with van der Waals surface area (Å²) in [6.45, 7) is 0.495. The first-order valence-corrected chi connectivity index (χ1v) is 7.40. The molecule has 3 N–H and O–H groups in total. The van der Waals surface area contributed by atoms with Crippen LogP contribution in [0.5, 0.6) is 0 Å². The van der Waals surface area contributed by atoms with Crippen molar-refractivity contribution >= 4 is 11.6 Å². The van der Waals surface area contributed by atoms with Crippen molar-refractivity contribution < 1.29 is 0 Å². The molecular weight excluding hydrogens is 260 g/mol. The summed E-state index contributed by atoms with van der Waals surface area (Å²) in [5.41, 5.74) is 10.8. The van der Waals surface area contributed by atoms with Gasteiger partial charge in [-0.25, -0.2) is 4.99 Å². The molecule has 1 aromatic carbocycles. The zero-order valence-corrected chi connectivity index (χ0v) is 12.0. The fourth-order valence-electron chi connectivity index (χ4n) is 2.73. The fourth-order valence-corrected chi connectivity index (χ4v) is 2.73. The molecule has 0 fully saturated rings. The molecule has 2 aromatic rings. The Kier molecular flexibility index (Phi) is 4.15. The summed E-state index contributed by atoms with van der Waals surface area (Å²) < 4.78 is 0. The van der Waals surface area contributed by atoms with E-state index in [2.05, 4.69) is 33.5 Å². The summed E-state index contributed by atoms with van der Waals surface area (Å²) >= 11 is 0. The molecule has 4 nitrogen and oxygen atoms in total. The lowest BCUT2D eigenvalue weighted by atomic mass is 9.90. The van der Waals surface area contributed by atoms with E-state index >= 15 is 0 Å². The smallest absolute Gasteiger partial charge is 0.193 e. The van der Waals surface area contributed by atoms with Gasteiger partial charge in [0.25, 0.3) is 0 Å². The summed E-state index contributed by atoms with van der Waals surface area (Å²) in [5, 5.41) is 3.24. The number of aliphatic imine (C=N–C) groups is 1. The van der Waals surface area contributed by atoms with Crippen LogP contribution in [0.2, 0.25) is 0 Å². The highest BCUT2D eigenvalue weighted by atomic mass is 15.1. The van der Waals surface area contributed by atoms with E-state index in [0.29, 0.717) is 12.5 Å². The molecule has 0 unspecified atom stereocenters. The van der Waals surface area contributed by atoms with Crippen molar-refractivity contribution in [2.24, 2.45) is 10.7 Å². The number of nitrogens with zero attached hydrogens (tertiary/aromatic N) is 2. The van der Waals surface area contributed by atoms with Crippen molar-refractivity contribution in [3.63, 3.8) is 0 Å². The Bertz CT molecular complexity index is 634. The van der Waals surface area contributed by atoms with Gasteiger partial charge in [-0.1, -0.05) is 18.2 Å². The molecule has 1 heterocycles. The molecule has 1 aliphatic carbocycles. The molecule has 0 aliphatic heterocycles. The number of anilines is 1. The van der Waals surface area contributed by atoms with Gasteiger partial charge in [0, 0.05) is 11.9 Å². The molecule has 0 bridgehead atoms. The van der Waals surface area contributed by atoms with Gasteiger partial charge in [0.05, 0.1) is 12.2 Å². The van der Waals surface area contributed by atoms with Gasteiger partial charge in [-0.15, -0.1) is 0 Å². The molecular formula is C17H20N4. The third kappa shape index (κ3) is 3.40. The number of nitrogens with two attached hydrogens (primary N) is 1. The Hall–Kier alpha value is -2.36. The average Bonchev–Trinajstić information content (AvgIpc) is 2.54. The van der Waals surface area contributed by atoms with E-state index in [1.807, 2.05) is 18.2 Å². The highest BCUT2D eigenvalue weighted by Crippen LogP contribution is 2.27. The molecule has 3 rings (SSSR count). The van der Waals surface area contributed by atoms with Gasteiger partial charge in [0.1, 0.15) is 0 Å². The van der Waals surface area contributed by atoms with Crippen molar-refractivity contribution in [3.8, 4) is 0 Å². The maximum absolute atomic E-state index is 6.00. The van der Waals surface area contributed by atoms with Gasteiger partial charge >= 0.3 is 0 Å². The molecule has 1 aliphatic rings. The second-order valence-corrected chi connectivity index (χ2v) is 5.30. The number of nitrogens with one attached hydrogen (secondary N) is 1. The number of hydrogen-bond acceptors (Lipinski definition) is 2. The van der Waals surface area contributed by atoms with E-state index in [9.17, 15) is 0 Å². The van der Waals surface area contributed by atoms with E-state index < -0.39 is 0 Å². The van der Waals surface area contributed by atoms with Crippen LogP contribution in [0.3, 0.4) is 0 Å². The van der Waals surface area contributed by atoms with Crippen LogP contribution in [0.4, 0.5) is 5.69 Å². The molecule has 0 atom stereocenters. The quantitative estimate of drug-likeness (QED) is 0.671. The van der Waals surface area contributed by atoms with E-state index in [-0.39, 0.29) is 0 Å². The van der Waals surface area contributed by atoms with Crippen LogP contribution in [-0.2, 0) is 19.4 Å². The van der Waals surface area contributed by atoms with Gasteiger partial charge in [0.2, 0.25) is 0 Å². The molecule has 1 aromatic heterocycles. The third-order valence-corrected chi connectivity index (χ3v) is 3.80. The zero-order valence-electron chi connectivity index (χ0n) is 12.0. The van der Waals surface area contributed by atoms with Crippen molar-refractivity contribution in [2.45, 2.75) is 32.2 Å². The summed E-state index contributed by atoms with van der Waals surface area (Å²) in [7, 11) is 0. The third-order valence-electron chi connectivity index (χ3n) is 3.80. The molecule has 21 heavy (non-hydrogen) atoms. The van der Waals surface area contributed by atoms with Crippen molar-refractivity contribution in [1.29, 1.82) is 0 Å². The number of guanidine groups is 1. The maximum Gasteiger partial charge on any atom is 0.193 e. The summed E-state index contributed by atoms with van der Waals surface area (Å²) in [6.07, 6.45) is 6.57. The monoisotopic (exact) mass is 280 g/mol. The molecule has 4 heteroatoms. The van der Waals surface area contributed by atoms with Crippen LogP contribution in [-0.4, -0.2) is 10.9 Å². The first-order valence-electron chi connectivity index (χ1n) is 7.40. The number of fused-ring (bicyclic) bond motifs is 1. The number of aromatic nitrogens is 1. The molecule has 108 valence electrons. The van der Waals surface area contributed by atoms with Crippen molar-refractivity contribution in [2.75, 3.05) is 5.32 Å². The largest absolute Gasteiger partial charge is 0.370 e. The summed E-state index contributed by atoms with van der Waals surface area (Å²) in [5.74, 6) is 0.444. The number of aryl methyl sites for hydroxylation is 1. The van der Waals surface area contributed by atoms with Crippen LogP contribution >= 0.6 is 0 Å². The maximum atomic E-state index is 6.00. The predicted octanol–water partition coefficient (Wildman–Crippen LogP) is 2.89. The van der Waals surface area contributed by atoms with Crippen LogP contribution in [0.15, 0.2) is 47.6 Å². The van der Waals surface area contributed by atoms with Gasteiger partial charge in [0.15, 0.2) is 5.96 Å². The van der Waals surface area contributed by atoms with Crippen LogP contribution in [0, 0.1) is 0 Å². The van der Waals surface area contributed by atoms with Gasteiger partial charge < -0.3 is 11.1 Å². The minimum atomic E-state index is 0.444. The number of hydrogen-bond donors (Lipinski definition) is 2. The Morgan fingerprint density at radius 2 is 2.05 bits per heavy atom. The average molecular weight is 280 g/mol. The fraction of sp³-hybridized carbons (Fsp3) is 0.294.